The smallest absolute Gasteiger partial charge is 0.173 e. The van der Waals surface area contributed by atoms with Crippen LogP contribution in [0.2, 0.25) is 0 Å². The summed E-state index contributed by atoms with van der Waals surface area (Å²) in [6, 6.07) is 9.74. The van der Waals surface area contributed by atoms with E-state index >= 15 is 0 Å². The SMILES string of the molecule is CC(=O)C1=C(C)N(C)C(=S)NC1c1ccccc1. The predicted molar refractivity (Wildman–Crippen MR) is 76.1 cm³/mol. The van der Waals surface area contributed by atoms with Crippen molar-refractivity contribution in [1.82, 2.24) is 10.2 Å². The van der Waals surface area contributed by atoms with Gasteiger partial charge in [-0.05, 0) is 31.6 Å². The Kier molecular flexibility index (Phi) is 3.48. The Balaban J connectivity index is 2.53. The minimum atomic E-state index is -0.146. The number of carbonyl (C=O) groups excluding carboxylic acids is 1. The number of ketones is 1. The van der Waals surface area contributed by atoms with Crippen molar-refractivity contribution in [2.75, 3.05) is 7.05 Å². The number of carbonyl (C=O) groups is 1. The highest BCUT2D eigenvalue weighted by molar-refractivity contribution is 7.80. The van der Waals surface area contributed by atoms with Crippen molar-refractivity contribution in [3.63, 3.8) is 0 Å². The van der Waals surface area contributed by atoms with Crippen LogP contribution < -0.4 is 5.32 Å². The molecule has 1 atom stereocenters. The van der Waals surface area contributed by atoms with E-state index in [1.165, 1.54) is 0 Å². The number of hydrogen-bond donors (Lipinski definition) is 1. The van der Waals surface area contributed by atoms with Crippen LogP contribution in [-0.4, -0.2) is 22.8 Å². The minimum Gasteiger partial charge on any atom is -0.351 e. The first-order valence-electron chi connectivity index (χ1n) is 5.83. The van der Waals surface area contributed by atoms with Gasteiger partial charge in [-0.25, -0.2) is 0 Å². The van der Waals surface area contributed by atoms with Gasteiger partial charge in [-0.2, -0.15) is 0 Å². The Bertz CT molecular complexity index is 522. The molecule has 4 heteroatoms. The van der Waals surface area contributed by atoms with Crippen molar-refractivity contribution in [3.8, 4) is 0 Å². The molecule has 0 radical (unpaired) electrons. The van der Waals surface area contributed by atoms with E-state index in [1.807, 2.05) is 49.2 Å². The molecule has 2 rings (SSSR count). The van der Waals surface area contributed by atoms with E-state index < -0.39 is 0 Å². The third kappa shape index (κ3) is 2.16. The summed E-state index contributed by atoms with van der Waals surface area (Å²) < 4.78 is 0. The van der Waals surface area contributed by atoms with Gasteiger partial charge in [-0.3, -0.25) is 4.79 Å². The van der Waals surface area contributed by atoms with E-state index in [0.29, 0.717) is 5.11 Å². The van der Waals surface area contributed by atoms with Gasteiger partial charge in [0.2, 0.25) is 0 Å². The van der Waals surface area contributed by atoms with Crippen LogP contribution in [0.3, 0.4) is 0 Å². The second-order valence-electron chi connectivity index (χ2n) is 4.41. The van der Waals surface area contributed by atoms with Crippen LogP contribution in [-0.2, 0) is 4.79 Å². The average molecular weight is 260 g/mol. The molecule has 18 heavy (non-hydrogen) atoms. The molecule has 94 valence electrons. The lowest BCUT2D eigenvalue weighted by Crippen LogP contribution is -2.45. The van der Waals surface area contributed by atoms with Crippen LogP contribution in [0, 0.1) is 0 Å². The van der Waals surface area contributed by atoms with Crippen LogP contribution in [0.5, 0.6) is 0 Å². The molecule has 0 aromatic heterocycles. The highest BCUT2D eigenvalue weighted by Gasteiger charge is 2.30. The Morgan fingerprint density at radius 2 is 1.94 bits per heavy atom. The first kappa shape index (κ1) is 12.8. The summed E-state index contributed by atoms with van der Waals surface area (Å²) >= 11 is 5.29. The molecule has 0 bridgehead atoms. The van der Waals surface area contributed by atoms with Crippen LogP contribution >= 0.6 is 12.2 Å². The van der Waals surface area contributed by atoms with E-state index in [9.17, 15) is 4.79 Å². The third-order valence-corrected chi connectivity index (χ3v) is 3.66. The van der Waals surface area contributed by atoms with Gasteiger partial charge in [0.25, 0.3) is 0 Å². The fourth-order valence-corrected chi connectivity index (χ4v) is 2.44. The van der Waals surface area contributed by atoms with Crippen molar-refractivity contribution in [3.05, 3.63) is 47.2 Å². The van der Waals surface area contributed by atoms with E-state index in [1.54, 1.807) is 6.92 Å². The van der Waals surface area contributed by atoms with Crippen molar-refractivity contribution in [2.24, 2.45) is 0 Å². The lowest BCUT2D eigenvalue weighted by molar-refractivity contribution is -0.114. The van der Waals surface area contributed by atoms with Gasteiger partial charge in [0, 0.05) is 18.3 Å². The summed E-state index contributed by atoms with van der Waals surface area (Å²) in [5.74, 6) is 0.0724. The zero-order valence-electron chi connectivity index (χ0n) is 10.7. The van der Waals surface area contributed by atoms with E-state index in [0.717, 1.165) is 16.8 Å². The first-order chi connectivity index (χ1) is 8.52. The molecule has 0 amide bonds. The fourth-order valence-electron chi connectivity index (χ4n) is 2.19. The quantitative estimate of drug-likeness (QED) is 0.828. The Hall–Kier alpha value is -1.68. The molecule has 1 aliphatic rings. The van der Waals surface area contributed by atoms with Gasteiger partial charge in [0.05, 0.1) is 6.04 Å². The summed E-state index contributed by atoms with van der Waals surface area (Å²) in [7, 11) is 1.87. The number of benzene rings is 1. The van der Waals surface area contributed by atoms with Crippen molar-refractivity contribution in [2.45, 2.75) is 19.9 Å². The number of Topliss-reactive ketones (excluding diaryl/α,β-unsaturated/α-hetero) is 1. The minimum absolute atomic E-state index is 0.0724. The predicted octanol–water partition coefficient (Wildman–Crippen LogP) is 2.41. The largest absolute Gasteiger partial charge is 0.351 e. The van der Waals surface area contributed by atoms with E-state index in [-0.39, 0.29) is 11.8 Å². The van der Waals surface area contributed by atoms with Gasteiger partial charge in [-0.15, -0.1) is 0 Å². The molecule has 0 fully saturated rings. The molecule has 3 nitrogen and oxygen atoms in total. The van der Waals surface area contributed by atoms with Crippen LogP contribution in [0.15, 0.2) is 41.6 Å². The number of thiocarbonyl (C=S) groups is 1. The Morgan fingerprint density at radius 3 is 2.50 bits per heavy atom. The maximum absolute atomic E-state index is 11.9. The molecule has 1 N–H and O–H groups in total. The zero-order valence-corrected chi connectivity index (χ0v) is 11.5. The maximum Gasteiger partial charge on any atom is 0.173 e. The number of hydrogen-bond acceptors (Lipinski definition) is 2. The van der Waals surface area contributed by atoms with E-state index in [2.05, 4.69) is 5.32 Å². The number of allylic oxidation sites excluding steroid dienone is 1. The number of nitrogens with one attached hydrogen (secondary N) is 1. The van der Waals surface area contributed by atoms with Crippen LogP contribution in [0.1, 0.15) is 25.5 Å². The molecular formula is C14H16N2OS. The summed E-state index contributed by atoms with van der Waals surface area (Å²) in [5, 5.41) is 3.87. The molecule has 0 saturated heterocycles. The molecule has 0 spiro atoms. The van der Waals surface area contributed by atoms with Gasteiger partial charge >= 0.3 is 0 Å². The highest BCUT2D eigenvalue weighted by atomic mass is 32.1. The standard InChI is InChI=1S/C14H16N2OS/c1-9-12(10(2)17)13(15-14(18)16(9)3)11-7-5-4-6-8-11/h4-8,13H,1-3H3,(H,15,18). The van der Waals surface area contributed by atoms with Crippen molar-refractivity contribution >= 4 is 23.1 Å². The molecule has 0 saturated carbocycles. The van der Waals surface area contributed by atoms with Gasteiger partial charge in [-0.1, -0.05) is 30.3 Å². The van der Waals surface area contributed by atoms with Crippen LogP contribution in [0.4, 0.5) is 0 Å². The molecule has 1 unspecified atom stereocenters. The summed E-state index contributed by atoms with van der Waals surface area (Å²) in [6.07, 6.45) is 0. The summed E-state index contributed by atoms with van der Waals surface area (Å²) in [6.45, 7) is 3.53. The average Bonchev–Trinajstić information content (AvgIpc) is 2.36. The summed E-state index contributed by atoms with van der Waals surface area (Å²) in [5.41, 5.74) is 2.75. The lowest BCUT2D eigenvalue weighted by Gasteiger charge is -2.35. The van der Waals surface area contributed by atoms with Crippen molar-refractivity contribution < 1.29 is 4.79 Å². The highest BCUT2D eigenvalue weighted by Crippen LogP contribution is 2.29. The maximum atomic E-state index is 11.9. The topological polar surface area (TPSA) is 32.3 Å². The fraction of sp³-hybridized carbons (Fsp3) is 0.286. The van der Waals surface area contributed by atoms with Gasteiger partial charge in [0.15, 0.2) is 10.9 Å². The molecule has 1 aliphatic heterocycles. The van der Waals surface area contributed by atoms with Gasteiger partial charge in [0.1, 0.15) is 0 Å². The first-order valence-corrected chi connectivity index (χ1v) is 6.24. The molecule has 1 aromatic carbocycles. The lowest BCUT2D eigenvalue weighted by atomic mass is 9.93. The number of rotatable bonds is 2. The zero-order chi connectivity index (χ0) is 13.3. The third-order valence-electron chi connectivity index (χ3n) is 3.27. The molecular weight excluding hydrogens is 244 g/mol. The van der Waals surface area contributed by atoms with Gasteiger partial charge < -0.3 is 10.2 Å². The number of nitrogens with zero attached hydrogens (tertiary/aromatic N) is 1. The molecule has 1 heterocycles. The normalized spacial score (nSPS) is 19.8. The summed E-state index contributed by atoms with van der Waals surface area (Å²) in [4.78, 5) is 13.7. The monoisotopic (exact) mass is 260 g/mol. The molecule has 0 aliphatic carbocycles. The second-order valence-corrected chi connectivity index (χ2v) is 4.79. The Labute approximate surface area is 112 Å². The van der Waals surface area contributed by atoms with E-state index in [4.69, 9.17) is 12.2 Å². The van der Waals surface area contributed by atoms with Crippen LogP contribution in [0.25, 0.3) is 0 Å². The second kappa shape index (κ2) is 4.90. The molecule has 1 aromatic rings. The Morgan fingerprint density at radius 1 is 1.33 bits per heavy atom. The van der Waals surface area contributed by atoms with Crippen molar-refractivity contribution in [1.29, 1.82) is 0 Å².